The van der Waals surface area contributed by atoms with E-state index in [1.54, 1.807) is 6.08 Å². The Hall–Kier alpha value is -1.31. The van der Waals surface area contributed by atoms with E-state index in [2.05, 4.69) is 18.5 Å². The summed E-state index contributed by atoms with van der Waals surface area (Å²) >= 11 is 0. The van der Waals surface area contributed by atoms with Gasteiger partial charge in [-0.15, -0.1) is 0 Å². The lowest BCUT2D eigenvalue weighted by atomic mass is 9.94. The topological polar surface area (TPSA) is 35.9 Å². The molecular weight excluding hydrogens is 148 g/mol. The van der Waals surface area contributed by atoms with Crippen LogP contribution in [0, 0.1) is 11.3 Å². The average Bonchev–Trinajstić information content (AvgIpc) is 2.03. The fourth-order valence-corrected chi connectivity index (χ4v) is 1.29. The maximum Gasteiger partial charge on any atom is 0.0174 e. The molecule has 1 heterocycles. The van der Waals surface area contributed by atoms with Crippen LogP contribution >= 0.6 is 0 Å². The van der Waals surface area contributed by atoms with Crippen LogP contribution in [0.4, 0.5) is 0 Å². The van der Waals surface area contributed by atoms with E-state index in [9.17, 15) is 0 Å². The molecule has 1 unspecified atom stereocenters. The summed E-state index contributed by atoms with van der Waals surface area (Å²) in [6.45, 7) is 7.74. The SMILES string of the molecule is C=C1CCC(/C=C/C=N)C(=C)N1. The Labute approximate surface area is 73.2 Å². The molecule has 0 radical (unpaired) electrons. The third kappa shape index (κ3) is 2.09. The van der Waals surface area contributed by atoms with Gasteiger partial charge in [0.15, 0.2) is 0 Å². The van der Waals surface area contributed by atoms with Crippen molar-refractivity contribution < 1.29 is 0 Å². The molecular formula is C10H14N2. The van der Waals surface area contributed by atoms with Crippen LogP contribution in [0.15, 0.2) is 36.7 Å². The van der Waals surface area contributed by atoms with Crippen molar-refractivity contribution >= 4 is 6.21 Å². The number of rotatable bonds is 2. The second kappa shape index (κ2) is 3.90. The Morgan fingerprint density at radius 1 is 1.50 bits per heavy atom. The standard InChI is InChI=1S/C10H14N2/c1-8-5-6-10(4-3-7-11)9(2)12-8/h3-4,7,10-12H,1-2,5-6H2/b4-3+,11-7?. The third-order valence-electron chi connectivity index (χ3n) is 1.98. The van der Waals surface area contributed by atoms with Crippen molar-refractivity contribution in [2.24, 2.45) is 5.92 Å². The second-order valence-electron chi connectivity index (χ2n) is 2.95. The van der Waals surface area contributed by atoms with Crippen molar-refractivity contribution in [3.05, 3.63) is 36.7 Å². The molecule has 1 atom stereocenters. The second-order valence-corrected chi connectivity index (χ2v) is 2.95. The van der Waals surface area contributed by atoms with E-state index in [0.29, 0.717) is 5.92 Å². The van der Waals surface area contributed by atoms with Crippen LogP contribution in [-0.4, -0.2) is 6.21 Å². The van der Waals surface area contributed by atoms with Gasteiger partial charge in [0.1, 0.15) is 0 Å². The average molecular weight is 162 g/mol. The molecule has 1 aliphatic rings. The summed E-state index contributed by atoms with van der Waals surface area (Å²) in [7, 11) is 0. The Balaban J connectivity index is 2.56. The Kier molecular flexibility index (Phi) is 2.86. The van der Waals surface area contributed by atoms with E-state index in [0.717, 1.165) is 24.2 Å². The normalized spacial score (nSPS) is 24.2. The lowest BCUT2D eigenvalue weighted by Crippen LogP contribution is -2.23. The molecule has 0 aromatic rings. The molecule has 0 spiro atoms. The van der Waals surface area contributed by atoms with Crippen molar-refractivity contribution in [3.63, 3.8) is 0 Å². The molecule has 0 bridgehead atoms. The highest BCUT2D eigenvalue weighted by molar-refractivity contribution is 5.67. The molecule has 1 aliphatic heterocycles. The minimum Gasteiger partial charge on any atom is -0.363 e. The molecule has 0 aliphatic carbocycles. The van der Waals surface area contributed by atoms with E-state index in [1.807, 2.05) is 6.08 Å². The van der Waals surface area contributed by atoms with Gasteiger partial charge in [-0.2, -0.15) is 0 Å². The van der Waals surface area contributed by atoms with Crippen LogP contribution in [0.2, 0.25) is 0 Å². The van der Waals surface area contributed by atoms with Gasteiger partial charge in [0.25, 0.3) is 0 Å². The Morgan fingerprint density at radius 2 is 2.25 bits per heavy atom. The zero-order chi connectivity index (χ0) is 8.97. The fraction of sp³-hybridized carbons (Fsp3) is 0.300. The minimum absolute atomic E-state index is 0.358. The van der Waals surface area contributed by atoms with E-state index in [4.69, 9.17) is 5.41 Å². The van der Waals surface area contributed by atoms with Crippen LogP contribution in [0.25, 0.3) is 0 Å². The van der Waals surface area contributed by atoms with Crippen LogP contribution in [-0.2, 0) is 0 Å². The predicted octanol–water partition coefficient (Wildman–Crippen LogP) is 2.22. The van der Waals surface area contributed by atoms with Crippen molar-refractivity contribution in [1.29, 1.82) is 5.41 Å². The van der Waals surface area contributed by atoms with Crippen molar-refractivity contribution in [2.75, 3.05) is 0 Å². The molecule has 2 heteroatoms. The molecule has 0 saturated carbocycles. The van der Waals surface area contributed by atoms with Gasteiger partial charge < -0.3 is 10.7 Å². The summed E-state index contributed by atoms with van der Waals surface area (Å²) in [5, 5.41) is 9.97. The number of nitrogens with one attached hydrogen (secondary N) is 2. The number of allylic oxidation sites excluding steroid dienone is 3. The van der Waals surface area contributed by atoms with Crippen LogP contribution in [0.5, 0.6) is 0 Å². The van der Waals surface area contributed by atoms with Crippen LogP contribution in [0.1, 0.15) is 12.8 Å². The lowest BCUT2D eigenvalue weighted by Gasteiger charge is -2.25. The quantitative estimate of drug-likeness (QED) is 0.600. The van der Waals surface area contributed by atoms with Gasteiger partial charge >= 0.3 is 0 Å². The molecule has 64 valence electrons. The monoisotopic (exact) mass is 162 g/mol. The molecule has 1 saturated heterocycles. The summed E-state index contributed by atoms with van der Waals surface area (Å²) in [6.07, 6.45) is 7.07. The highest BCUT2D eigenvalue weighted by Crippen LogP contribution is 2.23. The van der Waals surface area contributed by atoms with E-state index >= 15 is 0 Å². The smallest absolute Gasteiger partial charge is 0.0174 e. The first kappa shape index (κ1) is 8.78. The van der Waals surface area contributed by atoms with Crippen molar-refractivity contribution in [1.82, 2.24) is 5.32 Å². The lowest BCUT2D eigenvalue weighted by molar-refractivity contribution is 0.568. The largest absolute Gasteiger partial charge is 0.363 e. The first-order valence-corrected chi connectivity index (χ1v) is 4.05. The Morgan fingerprint density at radius 3 is 2.83 bits per heavy atom. The highest BCUT2D eigenvalue weighted by atomic mass is 14.9. The Bertz CT molecular complexity index is 238. The molecule has 2 nitrogen and oxygen atoms in total. The zero-order valence-electron chi connectivity index (χ0n) is 7.14. The van der Waals surface area contributed by atoms with Gasteiger partial charge in [0.2, 0.25) is 0 Å². The first-order valence-electron chi connectivity index (χ1n) is 4.05. The van der Waals surface area contributed by atoms with E-state index < -0.39 is 0 Å². The van der Waals surface area contributed by atoms with Crippen LogP contribution < -0.4 is 5.32 Å². The summed E-state index contributed by atoms with van der Waals surface area (Å²) in [5.74, 6) is 0.358. The summed E-state index contributed by atoms with van der Waals surface area (Å²) in [5.41, 5.74) is 2.03. The zero-order valence-corrected chi connectivity index (χ0v) is 7.14. The fourth-order valence-electron chi connectivity index (χ4n) is 1.29. The van der Waals surface area contributed by atoms with E-state index in [-0.39, 0.29) is 0 Å². The number of hydrogen-bond donors (Lipinski definition) is 2. The van der Waals surface area contributed by atoms with Gasteiger partial charge in [0, 0.05) is 23.5 Å². The van der Waals surface area contributed by atoms with Gasteiger partial charge in [-0.3, -0.25) is 0 Å². The molecule has 0 amide bonds. The maximum absolute atomic E-state index is 6.85. The summed E-state index contributed by atoms with van der Waals surface area (Å²) in [4.78, 5) is 0. The van der Waals surface area contributed by atoms with Gasteiger partial charge in [0.05, 0.1) is 0 Å². The predicted molar refractivity (Wildman–Crippen MR) is 52.1 cm³/mol. The van der Waals surface area contributed by atoms with Crippen molar-refractivity contribution in [3.8, 4) is 0 Å². The van der Waals surface area contributed by atoms with Gasteiger partial charge in [-0.25, -0.2) is 0 Å². The first-order chi connectivity index (χ1) is 5.74. The molecule has 1 rings (SSSR count). The van der Waals surface area contributed by atoms with Gasteiger partial charge in [-0.05, 0) is 18.9 Å². The molecule has 0 aromatic heterocycles. The summed E-state index contributed by atoms with van der Waals surface area (Å²) < 4.78 is 0. The maximum atomic E-state index is 6.85. The van der Waals surface area contributed by atoms with E-state index in [1.165, 1.54) is 6.21 Å². The molecule has 2 N–H and O–H groups in total. The van der Waals surface area contributed by atoms with Gasteiger partial charge in [-0.1, -0.05) is 19.2 Å². The molecule has 12 heavy (non-hydrogen) atoms. The molecule has 0 aromatic carbocycles. The minimum atomic E-state index is 0.358. The number of hydrogen-bond acceptors (Lipinski definition) is 2. The summed E-state index contributed by atoms with van der Waals surface area (Å²) in [6, 6.07) is 0. The van der Waals surface area contributed by atoms with Crippen LogP contribution in [0.3, 0.4) is 0 Å². The van der Waals surface area contributed by atoms with Crippen molar-refractivity contribution in [2.45, 2.75) is 12.8 Å². The number of piperidine rings is 1. The molecule has 1 fully saturated rings. The highest BCUT2D eigenvalue weighted by Gasteiger charge is 2.15. The third-order valence-corrected chi connectivity index (χ3v) is 1.98.